The van der Waals surface area contributed by atoms with Crippen LogP contribution in [0.5, 0.6) is 28.7 Å². The molecular formula is C24H28O9. The van der Waals surface area contributed by atoms with Gasteiger partial charge in [0.1, 0.15) is 0 Å². The second kappa shape index (κ2) is 10.3. The molecule has 1 unspecified atom stereocenters. The number of carboxylic acid groups (broad SMARTS) is 1. The van der Waals surface area contributed by atoms with Gasteiger partial charge in [0, 0.05) is 0 Å². The Balaban J connectivity index is 1.97. The lowest BCUT2D eigenvalue weighted by molar-refractivity contribution is -0.169. The van der Waals surface area contributed by atoms with Crippen LogP contribution in [-0.4, -0.2) is 51.8 Å². The zero-order valence-corrected chi connectivity index (χ0v) is 19.1. The van der Waals surface area contributed by atoms with E-state index in [2.05, 4.69) is 0 Å². The van der Waals surface area contributed by atoms with Crippen LogP contribution in [0.3, 0.4) is 0 Å². The van der Waals surface area contributed by atoms with Gasteiger partial charge in [-0.1, -0.05) is 6.07 Å². The third kappa shape index (κ3) is 4.92. The van der Waals surface area contributed by atoms with Gasteiger partial charge in [-0.3, -0.25) is 9.59 Å². The number of fused-ring (bicyclic) bond motifs is 1. The summed E-state index contributed by atoms with van der Waals surface area (Å²) in [7, 11) is 4.42. The van der Waals surface area contributed by atoms with E-state index in [1.165, 1.54) is 21.3 Å². The van der Waals surface area contributed by atoms with E-state index in [4.69, 9.17) is 28.4 Å². The van der Waals surface area contributed by atoms with E-state index in [0.29, 0.717) is 40.7 Å². The molecule has 0 aromatic heterocycles. The highest BCUT2D eigenvalue weighted by Crippen LogP contribution is 2.41. The maximum absolute atomic E-state index is 13.0. The molecule has 0 saturated carbocycles. The van der Waals surface area contributed by atoms with Crippen LogP contribution in [0.15, 0.2) is 30.3 Å². The van der Waals surface area contributed by atoms with Crippen LogP contribution < -0.4 is 23.7 Å². The molecule has 2 aromatic carbocycles. The quantitative estimate of drug-likeness (QED) is 0.399. The van der Waals surface area contributed by atoms with Gasteiger partial charge >= 0.3 is 11.9 Å². The van der Waals surface area contributed by atoms with Crippen LogP contribution in [0.1, 0.15) is 24.5 Å². The molecule has 1 aliphatic heterocycles. The third-order valence-electron chi connectivity index (χ3n) is 5.58. The lowest BCUT2D eigenvalue weighted by atomic mass is 9.76. The smallest absolute Gasteiger partial charge is 0.323 e. The largest absolute Gasteiger partial charge is 0.493 e. The average Bonchev–Trinajstić information content (AvgIpc) is 3.28. The molecule has 33 heavy (non-hydrogen) atoms. The molecule has 0 spiro atoms. The van der Waals surface area contributed by atoms with Gasteiger partial charge in [0.15, 0.2) is 28.4 Å². The van der Waals surface area contributed by atoms with Crippen LogP contribution in [0.2, 0.25) is 0 Å². The van der Waals surface area contributed by atoms with Gasteiger partial charge in [0.2, 0.25) is 12.5 Å². The number of aryl methyl sites for hydroxylation is 1. The molecule has 0 aliphatic carbocycles. The molecule has 1 atom stereocenters. The maximum atomic E-state index is 13.0. The van der Waals surface area contributed by atoms with Crippen LogP contribution in [0.25, 0.3) is 0 Å². The number of ether oxygens (including phenoxy) is 6. The highest BCUT2D eigenvalue weighted by molar-refractivity contribution is 5.99. The number of carboxylic acids is 1. The summed E-state index contributed by atoms with van der Waals surface area (Å²) in [6, 6.07) is 8.66. The summed E-state index contributed by atoms with van der Waals surface area (Å²) in [5, 5.41) is 10.2. The minimum Gasteiger partial charge on any atom is -0.493 e. The molecule has 2 aromatic rings. The SMILES string of the molecule is CCOC(=O)C(CCc1ccc2c(c1)OCO2)(Cc1cc(OC)c(OC)c(OC)c1)C(=O)O. The molecular weight excluding hydrogens is 432 g/mol. The summed E-state index contributed by atoms with van der Waals surface area (Å²) in [6.07, 6.45) is 0.200. The van der Waals surface area contributed by atoms with E-state index >= 15 is 0 Å². The summed E-state index contributed by atoms with van der Waals surface area (Å²) in [4.78, 5) is 25.6. The molecule has 9 heteroatoms. The summed E-state index contributed by atoms with van der Waals surface area (Å²) in [6.45, 7) is 1.84. The molecule has 178 valence electrons. The van der Waals surface area contributed by atoms with Gasteiger partial charge in [-0.2, -0.15) is 0 Å². The minimum absolute atomic E-state index is 0.0114. The van der Waals surface area contributed by atoms with Gasteiger partial charge in [-0.25, -0.2) is 0 Å². The normalized spacial score (nSPS) is 13.7. The lowest BCUT2D eigenvalue weighted by Crippen LogP contribution is -2.43. The van der Waals surface area contributed by atoms with Crippen molar-refractivity contribution in [2.24, 2.45) is 5.41 Å². The van der Waals surface area contributed by atoms with Crippen molar-refractivity contribution in [2.75, 3.05) is 34.7 Å². The fraction of sp³-hybridized carbons (Fsp3) is 0.417. The zero-order chi connectivity index (χ0) is 24.0. The Morgan fingerprint density at radius 1 is 0.970 bits per heavy atom. The number of rotatable bonds is 11. The number of carbonyl (C=O) groups is 2. The molecule has 1 heterocycles. The molecule has 0 bridgehead atoms. The zero-order valence-electron chi connectivity index (χ0n) is 19.1. The van der Waals surface area contributed by atoms with Crippen molar-refractivity contribution in [1.82, 2.24) is 0 Å². The van der Waals surface area contributed by atoms with Crippen molar-refractivity contribution < 1.29 is 43.1 Å². The van der Waals surface area contributed by atoms with E-state index in [1.54, 1.807) is 31.2 Å². The van der Waals surface area contributed by atoms with Gasteiger partial charge in [-0.05, 0) is 61.6 Å². The second-order valence-electron chi connectivity index (χ2n) is 7.51. The number of hydrogen-bond donors (Lipinski definition) is 1. The average molecular weight is 460 g/mol. The van der Waals surface area contributed by atoms with Crippen LogP contribution in [0, 0.1) is 5.41 Å². The number of aliphatic carboxylic acids is 1. The van der Waals surface area contributed by atoms with Crippen LogP contribution in [-0.2, 0) is 27.2 Å². The Labute approximate surface area is 192 Å². The molecule has 1 aliphatic rings. The van der Waals surface area contributed by atoms with E-state index in [9.17, 15) is 14.7 Å². The third-order valence-corrected chi connectivity index (χ3v) is 5.58. The number of esters is 1. The number of methoxy groups -OCH3 is 3. The molecule has 0 saturated heterocycles. The van der Waals surface area contributed by atoms with E-state index in [-0.39, 0.29) is 26.2 Å². The number of carbonyl (C=O) groups excluding carboxylic acids is 1. The number of hydrogen-bond acceptors (Lipinski definition) is 8. The predicted octanol–water partition coefficient (Wildman–Crippen LogP) is 3.25. The monoisotopic (exact) mass is 460 g/mol. The Morgan fingerprint density at radius 3 is 2.21 bits per heavy atom. The van der Waals surface area contributed by atoms with E-state index in [0.717, 1.165) is 5.56 Å². The van der Waals surface area contributed by atoms with Crippen LogP contribution >= 0.6 is 0 Å². The van der Waals surface area contributed by atoms with Gasteiger partial charge < -0.3 is 33.5 Å². The molecule has 3 rings (SSSR count). The topological polar surface area (TPSA) is 110 Å². The Bertz CT molecular complexity index is 992. The second-order valence-corrected chi connectivity index (χ2v) is 7.51. The fourth-order valence-electron chi connectivity index (χ4n) is 3.84. The van der Waals surface area contributed by atoms with E-state index < -0.39 is 17.4 Å². The molecule has 9 nitrogen and oxygen atoms in total. The van der Waals surface area contributed by atoms with Crippen molar-refractivity contribution in [3.63, 3.8) is 0 Å². The standard InChI is InChI=1S/C24H28O9/c1-5-31-23(27)24(22(25)26,9-8-15-6-7-17-18(10-15)33-14-32-17)13-16-11-19(28-2)21(30-4)20(12-16)29-3/h6-7,10-12H,5,8-9,13-14H2,1-4H3,(H,25,26). The van der Waals surface area contributed by atoms with Gasteiger partial charge in [-0.15, -0.1) is 0 Å². The summed E-state index contributed by atoms with van der Waals surface area (Å²) in [5.41, 5.74) is -0.471. The number of benzene rings is 2. The van der Waals surface area contributed by atoms with Crippen molar-refractivity contribution in [3.8, 4) is 28.7 Å². The molecule has 0 fully saturated rings. The first-order valence-corrected chi connectivity index (χ1v) is 10.5. The predicted molar refractivity (Wildman–Crippen MR) is 117 cm³/mol. The molecule has 0 amide bonds. The van der Waals surface area contributed by atoms with Gasteiger partial charge in [0.25, 0.3) is 0 Å². The highest BCUT2D eigenvalue weighted by Gasteiger charge is 2.47. The van der Waals surface area contributed by atoms with Gasteiger partial charge in [0.05, 0.1) is 27.9 Å². The summed E-state index contributed by atoms with van der Waals surface area (Å²) >= 11 is 0. The molecule has 1 N–H and O–H groups in total. The van der Waals surface area contributed by atoms with E-state index in [1.807, 2.05) is 6.07 Å². The minimum atomic E-state index is -1.82. The Morgan fingerprint density at radius 2 is 1.64 bits per heavy atom. The lowest BCUT2D eigenvalue weighted by Gasteiger charge is -2.28. The highest BCUT2D eigenvalue weighted by atomic mass is 16.7. The van der Waals surface area contributed by atoms with Crippen molar-refractivity contribution in [1.29, 1.82) is 0 Å². The first-order chi connectivity index (χ1) is 15.9. The first-order valence-electron chi connectivity index (χ1n) is 10.5. The molecule has 0 radical (unpaired) electrons. The van der Waals surface area contributed by atoms with Crippen molar-refractivity contribution in [3.05, 3.63) is 41.5 Å². The van der Waals surface area contributed by atoms with Crippen LogP contribution in [0.4, 0.5) is 0 Å². The van der Waals surface area contributed by atoms with Crippen molar-refractivity contribution in [2.45, 2.75) is 26.2 Å². The fourth-order valence-corrected chi connectivity index (χ4v) is 3.84. The first kappa shape index (κ1) is 24.0. The maximum Gasteiger partial charge on any atom is 0.323 e. The summed E-state index contributed by atoms with van der Waals surface area (Å²) in [5.74, 6) is 0.264. The Kier molecular flexibility index (Phi) is 7.52. The van der Waals surface area contributed by atoms with Crippen molar-refractivity contribution >= 4 is 11.9 Å². The Hall–Kier alpha value is -3.62. The summed E-state index contributed by atoms with van der Waals surface area (Å²) < 4.78 is 32.0.